The van der Waals surface area contributed by atoms with Gasteiger partial charge in [-0.3, -0.25) is 4.79 Å². The van der Waals surface area contributed by atoms with Crippen LogP contribution >= 0.6 is 11.8 Å². The number of benzene rings is 1. The van der Waals surface area contributed by atoms with Gasteiger partial charge in [0.2, 0.25) is 5.91 Å². The number of nitrogens with one attached hydrogen (secondary N) is 1. The van der Waals surface area contributed by atoms with E-state index in [1.165, 1.54) is 50.3 Å². The Morgan fingerprint density at radius 1 is 1.20 bits per heavy atom. The molecule has 6 heteroatoms. The van der Waals surface area contributed by atoms with E-state index in [0.29, 0.717) is 5.75 Å². The average Bonchev–Trinajstić information content (AvgIpc) is 3.00. The van der Waals surface area contributed by atoms with Crippen molar-refractivity contribution >= 4 is 23.4 Å². The molecule has 1 saturated carbocycles. The second-order valence-electron chi connectivity index (χ2n) is 6.70. The molecule has 1 N–H and O–H groups in total. The molecule has 0 bridgehead atoms. The zero-order chi connectivity index (χ0) is 17.5. The van der Waals surface area contributed by atoms with Crippen LogP contribution in [0.25, 0.3) is 0 Å². The Morgan fingerprint density at radius 3 is 2.72 bits per heavy atom. The number of aryl methyl sites for hydroxylation is 1. The van der Waals surface area contributed by atoms with Gasteiger partial charge in [-0.05, 0) is 24.5 Å². The minimum Gasteiger partial charge on any atom is -0.325 e. The van der Waals surface area contributed by atoms with Crippen LogP contribution in [0.2, 0.25) is 0 Å². The molecule has 134 valence electrons. The highest BCUT2D eigenvalue weighted by Gasteiger charge is 2.16. The molecule has 1 fully saturated rings. The van der Waals surface area contributed by atoms with Crippen LogP contribution in [0.1, 0.15) is 44.3 Å². The second kappa shape index (κ2) is 9.04. The number of rotatable bonds is 7. The fourth-order valence-corrected chi connectivity index (χ4v) is 4.08. The summed E-state index contributed by atoms with van der Waals surface area (Å²) in [4.78, 5) is 12.0. The van der Waals surface area contributed by atoms with Crippen molar-refractivity contribution in [3.63, 3.8) is 0 Å². The summed E-state index contributed by atoms with van der Waals surface area (Å²) in [7, 11) is 1.99. The Balaban J connectivity index is 1.46. The van der Waals surface area contributed by atoms with E-state index in [2.05, 4.69) is 15.5 Å². The standard InChI is InChI=1S/C19H26N4OS/c1-23-17(13-12-15-8-4-2-5-9-15)21-22-19(23)25-14-18(24)20-16-10-6-3-7-11-16/h3,6-7,10-11,15H,2,4-5,8-9,12-14H2,1H3,(H,20,24). The van der Waals surface area contributed by atoms with Crippen LogP contribution < -0.4 is 5.32 Å². The van der Waals surface area contributed by atoms with Crippen molar-refractivity contribution in [2.45, 2.75) is 50.1 Å². The van der Waals surface area contributed by atoms with Gasteiger partial charge < -0.3 is 9.88 Å². The van der Waals surface area contributed by atoms with Crippen molar-refractivity contribution in [2.75, 3.05) is 11.1 Å². The van der Waals surface area contributed by atoms with Gasteiger partial charge in [0.15, 0.2) is 5.16 Å². The monoisotopic (exact) mass is 358 g/mol. The average molecular weight is 359 g/mol. The Morgan fingerprint density at radius 2 is 1.96 bits per heavy atom. The zero-order valence-corrected chi connectivity index (χ0v) is 15.6. The second-order valence-corrected chi connectivity index (χ2v) is 7.65. The van der Waals surface area contributed by atoms with Crippen LogP contribution in [0, 0.1) is 5.92 Å². The van der Waals surface area contributed by atoms with Gasteiger partial charge in [-0.1, -0.05) is 62.1 Å². The molecule has 0 aliphatic heterocycles. The topological polar surface area (TPSA) is 59.8 Å². The lowest BCUT2D eigenvalue weighted by Crippen LogP contribution is -2.14. The predicted octanol–water partition coefficient (Wildman–Crippen LogP) is 4.06. The van der Waals surface area contributed by atoms with Crippen LogP contribution in [-0.2, 0) is 18.3 Å². The Hall–Kier alpha value is -1.82. The van der Waals surface area contributed by atoms with Crippen molar-refractivity contribution in [2.24, 2.45) is 13.0 Å². The first kappa shape index (κ1) is 18.0. The van der Waals surface area contributed by atoms with Gasteiger partial charge >= 0.3 is 0 Å². The molecule has 0 unspecified atom stereocenters. The summed E-state index contributed by atoms with van der Waals surface area (Å²) in [6.07, 6.45) is 9.04. The maximum absolute atomic E-state index is 12.0. The maximum atomic E-state index is 12.0. The number of carbonyl (C=O) groups is 1. The van der Waals surface area contributed by atoms with E-state index in [1.807, 2.05) is 41.9 Å². The predicted molar refractivity (Wildman–Crippen MR) is 102 cm³/mol. The number of para-hydroxylation sites is 1. The van der Waals surface area contributed by atoms with Crippen molar-refractivity contribution in [3.8, 4) is 0 Å². The molecule has 0 saturated heterocycles. The third kappa shape index (κ3) is 5.33. The lowest BCUT2D eigenvalue weighted by atomic mass is 9.86. The number of aromatic nitrogens is 3. The van der Waals surface area contributed by atoms with E-state index in [-0.39, 0.29) is 5.91 Å². The Bertz CT molecular complexity index is 680. The molecule has 0 spiro atoms. The van der Waals surface area contributed by atoms with Crippen molar-refractivity contribution in [1.82, 2.24) is 14.8 Å². The first-order valence-electron chi connectivity index (χ1n) is 9.08. The number of hydrogen-bond donors (Lipinski definition) is 1. The van der Waals surface area contributed by atoms with Gasteiger partial charge in [0.05, 0.1) is 5.75 Å². The number of hydrogen-bond acceptors (Lipinski definition) is 4. The summed E-state index contributed by atoms with van der Waals surface area (Å²) in [5, 5.41) is 12.3. The molecular formula is C19H26N4OS. The highest BCUT2D eigenvalue weighted by atomic mass is 32.2. The summed E-state index contributed by atoms with van der Waals surface area (Å²) in [6.45, 7) is 0. The number of amides is 1. The zero-order valence-electron chi connectivity index (χ0n) is 14.8. The Kier molecular flexibility index (Phi) is 6.50. The van der Waals surface area contributed by atoms with Crippen LogP contribution in [0.4, 0.5) is 5.69 Å². The number of anilines is 1. The van der Waals surface area contributed by atoms with Gasteiger partial charge in [-0.15, -0.1) is 10.2 Å². The number of nitrogens with zero attached hydrogens (tertiary/aromatic N) is 3. The Labute approximate surface area is 153 Å². The smallest absolute Gasteiger partial charge is 0.234 e. The SMILES string of the molecule is Cn1c(CCC2CCCCC2)nnc1SCC(=O)Nc1ccccc1. The summed E-state index contributed by atoms with van der Waals surface area (Å²) < 4.78 is 2.03. The lowest BCUT2D eigenvalue weighted by molar-refractivity contribution is -0.113. The largest absolute Gasteiger partial charge is 0.325 e. The molecule has 0 atom stereocenters. The van der Waals surface area contributed by atoms with Crippen LogP contribution in [0.15, 0.2) is 35.5 Å². The van der Waals surface area contributed by atoms with E-state index in [4.69, 9.17) is 0 Å². The maximum Gasteiger partial charge on any atom is 0.234 e. The molecule has 1 aromatic carbocycles. The minimum absolute atomic E-state index is 0.0250. The summed E-state index contributed by atoms with van der Waals surface area (Å²) in [6, 6.07) is 9.51. The third-order valence-electron chi connectivity index (χ3n) is 4.82. The molecule has 1 heterocycles. The normalized spacial score (nSPS) is 15.2. The van der Waals surface area contributed by atoms with Gasteiger partial charge in [0, 0.05) is 19.2 Å². The first-order chi connectivity index (χ1) is 12.2. The molecule has 1 aromatic heterocycles. The number of carbonyl (C=O) groups excluding carboxylic acids is 1. The molecule has 1 aliphatic rings. The van der Waals surface area contributed by atoms with Crippen molar-refractivity contribution in [3.05, 3.63) is 36.2 Å². The van der Waals surface area contributed by atoms with Gasteiger partial charge in [0.1, 0.15) is 5.82 Å². The minimum atomic E-state index is -0.0250. The van der Waals surface area contributed by atoms with E-state index in [0.717, 1.165) is 29.0 Å². The molecule has 1 amide bonds. The highest BCUT2D eigenvalue weighted by Crippen LogP contribution is 2.27. The molecule has 2 aromatic rings. The third-order valence-corrected chi connectivity index (χ3v) is 5.84. The quantitative estimate of drug-likeness (QED) is 0.758. The van der Waals surface area contributed by atoms with Crippen molar-refractivity contribution in [1.29, 1.82) is 0 Å². The van der Waals surface area contributed by atoms with Gasteiger partial charge in [-0.2, -0.15) is 0 Å². The molecule has 25 heavy (non-hydrogen) atoms. The lowest BCUT2D eigenvalue weighted by Gasteiger charge is -2.20. The molecule has 0 radical (unpaired) electrons. The van der Waals surface area contributed by atoms with E-state index in [1.54, 1.807) is 0 Å². The molecule has 3 rings (SSSR count). The van der Waals surface area contributed by atoms with Gasteiger partial charge in [0.25, 0.3) is 0 Å². The van der Waals surface area contributed by atoms with Crippen LogP contribution in [0.3, 0.4) is 0 Å². The van der Waals surface area contributed by atoms with Gasteiger partial charge in [-0.25, -0.2) is 0 Å². The summed E-state index contributed by atoms with van der Waals surface area (Å²) in [5.41, 5.74) is 0.819. The molecule has 1 aliphatic carbocycles. The van der Waals surface area contributed by atoms with E-state index >= 15 is 0 Å². The first-order valence-corrected chi connectivity index (χ1v) is 10.1. The molecular weight excluding hydrogens is 332 g/mol. The van der Waals surface area contributed by atoms with Crippen LogP contribution in [0.5, 0.6) is 0 Å². The summed E-state index contributed by atoms with van der Waals surface area (Å²) >= 11 is 1.43. The van der Waals surface area contributed by atoms with Crippen LogP contribution in [-0.4, -0.2) is 26.4 Å². The van der Waals surface area contributed by atoms with Crippen molar-refractivity contribution < 1.29 is 4.79 Å². The van der Waals surface area contributed by atoms with E-state index < -0.39 is 0 Å². The highest BCUT2D eigenvalue weighted by molar-refractivity contribution is 7.99. The van der Waals surface area contributed by atoms with E-state index in [9.17, 15) is 4.79 Å². The molecule has 5 nitrogen and oxygen atoms in total. The number of thioether (sulfide) groups is 1. The summed E-state index contributed by atoms with van der Waals surface area (Å²) in [5.74, 6) is 2.18. The fourth-order valence-electron chi connectivity index (χ4n) is 3.35. The fraction of sp³-hybridized carbons (Fsp3) is 0.526.